The highest BCUT2D eigenvalue weighted by molar-refractivity contribution is 4.68. The molecule has 0 aromatic rings. The minimum absolute atomic E-state index is 0. The Morgan fingerprint density at radius 2 is 0.667 bits per heavy atom. The molecule has 0 saturated carbocycles. The summed E-state index contributed by atoms with van der Waals surface area (Å²) >= 11 is 0. The maximum absolute atomic E-state index is 2.00. The standard InChI is InChI=1S/2C4H8.CH4/c2*1-3-4-2;/h2*3-4H,1-2H3;1H4/b4-3+;;. The molecule has 0 radical (unpaired) electrons. The SMILES string of the molecule is C.C/C=C/C.CC=CC. The number of hydrogen-bond donors (Lipinski definition) is 0. The van der Waals surface area contributed by atoms with E-state index in [1.807, 2.05) is 52.0 Å². The van der Waals surface area contributed by atoms with Crippen LogP contribution in [0, 0.1) is 0 Å². The molecule has 0 atom stereocenters. The molecule has 0 amide bonds. The van der Waals surface area contributed by atoms with E-state index < -0.39 is 0 Å². The molecule has 0 aliphatic carbocycles. The first-order valence-electron chi connectivity index (χ1n) is 2.98. The van der Waals surface area contributed by atoms with E-state index in [4.69, 9.17) is 0 Å². The molecule has 0 saturated heterocycles. The quantitative estimate of drug-likeness (QED) is 0.435. The summed E-state index contributed by atoms with van der Waals surface area (Å²) in [6.45, 7) is 8.00. The van der Waals surface area contributed by atoms with Crippen LogP contribution in [0.2, 0.25) is 0 Å². The van der Waals surface area contributed by atoms with Crippen LogP contribution in [-0.4, -0.2) is 0 Å². The molecule has 0 rings (SSSR count). The molecule has 0 bridgehead atoms. The number of hydrogen-bond acceptors (Lipinski definition) is 0. The Labute approximate surface area is 60.3 Å². The maximum Gasteiger partial charge on any atom is -0.0470 e. The van der Waals surface area contributed by atoms with E-state index in [2.05, 4.69) is 0 Å². The average Bonchev–Trinajstić information content (AvgIpc) is 1.88. The van der Waals surface area contributed by atoms with Gasteiger partial charge >= 0.3 is 0 Å². The summed E-state index contributed by atoms with van der Waals surface area (Å²) < 4.78 is 0. The van der Waals surface area contributed by atoms with Crippen molar-refractivity contribution in [1.29, 1.82) is 0 Å². The van der Waals surface area contributed by atoms with Gasteiger partial charge in [-0.15, -0.1) is 0 Å². The summed E-state index contributed by atoms with van der Waals surface area (Å²) in [5, 5.41) is 0. The van der Waals surface area contributed by atoms with E-state index in [-0.39, 0.29) is 7.43 Å². The first-order valence-corrected chi connectivity index (χ1v) is 2.98. The zero-order valence-electron chi connectivity index (χ0n) is 6.31. The van der Waals surface area contributed by atoms with Crippen LogP contribution in [0.4, 0.5) is 0 Å². The van der Waals surface area contributed by atoms with Gasteiger partial charge in [-0.2, -0.15) is 0 Å². The Morgan fingerprint density at radius 3 is 0.667 bits per heavy atom. The summed E-state index contributed by atoms with van der Waals surface area (Å²) in [5.41, 5.74) is 0. The molecule has 0 aliphatic rings. The molecule has 0 heterocycles. The Balaban J connectivity index is -0.0000000720. The third-order valence-electron chi connectivity index (χ3n) is 0.667. The predicted octanol–water partition coefficient (Wildman–Crippen LogP) is 3.80. The number of allylic oxidation sites excluding steroid dienone is 4. The third-order valence-corrected chi connectivity index (χ3v) is 0.667. The summed E-state index contributed by atoms with van der Waals surface area (Å²) in [6, 6.07) is 0. The van der Waals surface area contributed by atoms with Crippen molar-refractivity contribution >= 4 is 0 Å². The van der Waals surface area contributed by atoms with Gasteiger partial charge < -0.3 is 0 Å². The van der Waals surface area contributed by atoms with Gasteiger partial charge in [0, 0.05) is 0 Å². The highest BCUT2D eigenvalue weighted by Gasteiger charge is 1.34. The van der Waals surface area contributed by atoms with Crippen LogP contribution in [0.1, 0.15) is 35.1 Å². The molecule has 0 spiro atoms. The van der Waals surface area contributed by atoms with Gasteiger partial charge in [0.25, 0.3) is 0 Å². The van der Waals surface area contributed by atoms with Gasteiger partial charge in [-0.05, 0) is 27.7 Å². The van der Waals surface area contributed by atoms with Gasteiger partial charge in [-0.1, -0.05) is 31.7 Å². The molecule has 0 N–H and O–H groups in total. The topological polar surface area (TPSA) is 0 Å². The Bertz CT molecular complexity index is 40.4. The van der Waals surface area contributed by atoms with E-state index in [1.54, 1.807) is 0 Å². The fourth-order valence-corrected chi connectivity index (χ4v) is 0. The van der Waals surface area contributed by atoms with E-state index in [0.29, 0.717) is 0 Å². The second-order valence-corrected chi connectivity index (χ2v) is 1.33. The van der Waals surface area contributed by atoms with Crippen LogP contribution >= 0.6 is 0 Å². The Hall–Kier alpha value is -0.520. The maximum atomic E-state index is 2.00. The highest BCUT2D eigenvalue weighted by Crippen LogP contribution is 1.57. The van der Waals surface area contributed by atoms with Crippen LogP contribution < -0.4 is 0 Å². The van der Waals surface area contributed by atoms with Gasteiger partial charge in [0.2, 0.25) is 0 Å². The van der Waals surface area contributed by atoms with Crippen LogP contribution in [0.15, 0.2) is 24.3 Å². The lowest BCUT2D eigenvalue weighted by Gasteiger charge is -1.49. The zero-order chi connectivity index (χ0) is 6.83. The normalized spacial score (nSPS) is 8.44. The lowest BCUT2D eigenvalue weighted by atomic mass is 10.6. The Kier molecular flexibility index (Phi) is 45.5. The first-order chi connectivity index (χ1) is 3.83. The van der Waals surface area contributed by atoms with Gasteiger partial charge in [-0.25, -0.2) is 0 Å². The largest absolute Gasteiger partial charge is 0.0919 e. The lowest BCUT2D eigenvalue weighted by molar-refractivity contribution is 1.64. The molecule has 0 aromatic carbocycles. The second kappa shape index (κ2) is 25.9. The summed E-state index contributed by atoms with van der Waals surface area (Å²) in [7, 11) is 0. The molecule has 0 heteroatoms. The zero-order valence-corrected chi connectivity index (χ0v) is 6.31. The minimum atomic E-state index is 0. The van der Waals surface area contributed by atoms with Crippen molar-refractivity contribution < 1.29 is 0 Å². The molecular formula is C9H20. The van der Waals surface area contributed by atoms with Gasteiger partial charge in [-0.3, -0.25) is 0 Å². The third kappa shape index (κ3) is 103. The number of rotatable bonds is 0. The van der Waals surface area contributed by atoms with Crippen molar-refractivity contribution in [3.8, 4) is 0 Å². The molecule has 0 aliphatic heterocycles. The molecule has 0 fully saturated rings. The first kappa shape index (κ1) is 15.8. The average molecular weight is 128 g/mol. The lowest BCUT2D eigenvalue weighted by Crippen LogP contribution is -1.26. The van der Waals surface area contributed by atoms with Crippen LogP contribution in [0.25, 0.3) is 0 Å². The summed E-state index contributed by atoms with van der Waals surface area (Å²) in [5.74, 6) is 0. The Morgan fingerprint density at radius 1 is 0.556 bits per heavy atom. The molecular weight excluding hydrogens is 108 g/mol. The highest BCUT2D eigenvalue weighted by atomic mass is 13.4. The van der Waals surface area contributed by atoms with Gasteiger partial charge in [0.1, 0.15) is 0 Å². The van der Waals surface area contributed by atoms with Crippen LogP contribution in [-0.2, 0) is 0 Å². The van der Waals surface area contributed by atoms with Crippen LogP contribution in [0.5, 0.6) is 0 Å². The smallest absolute Gasteiger partial charge is 0.0470 e. The van der Waals surface area contributed by atoms with Crippen molar-refractivity contribution in [1.82, 2.24) is 0 Å². The fourth-order valence-electron chi connectivity index (χ4n) is 0. The van der Waals surface area contributed by atoms with E-state index >= 15 is 0 Å². The molecule has 9 heavy (non-hydrogen) atoms. The van der Waals surface area contributed by atoms with Crippen molar-refractivity contribution in [2.75, 3.05) is 0 Å². The van der Waals surface area contributed by atoms with Gasteiger partial charge in [0.05, 0.1) is 0 Å². The second-order valence-electron chi connectivity index (χ2n) is 1.33. The van der Waals surface area contributed by atoms with Crippen molar-refractivity contribution in [2.45, 2.75) is 35.1 Å². The summed E-state index contributed by atoms with van der Waals surface area (Å²) in [4.78, 5) is 0. The van der Waals surface area contributed by atoms with E-state index in [0.717, 1.165) is 0 Å². The monoisotopic (exact) mass is 128 g/mol. The fraction of sp³-hybridized carbons (Fsp3) is 0.556. The van der Waals surface area contributed by atoms with Crippen molar-refractivity contribution in [3.63, 3.8) is 0 Å². The minimum Gasteiger partial charge on any atom is -0.0919 e. The van der Waals surface area contributed by atoms with Gasteiger partial charge in [0.15, 0.2) is 0 Å². The molecule has 0 unspecified atom stereocenters. The predicted molar refractivity (Wildman–Crippen MR) is 47.7 cm³/mol. The van der Waals surface area contributed by atoms with E-state index in [1.165, 1.54) is 0 Å². The molecule has 0 nitrogen and oxygen atoms in total. The van der Waals surface area contributed by atoms with Crippen LogP contribution in [0.3, 0.4) is 0 Å². The molecule has 56 valence electrons. The molecule has 0 aromatic heterocycles. The van der Waals surface area contributed by atoms with E-state index in [9.17, 15) is 0 Å². The summed E-state index contributed by atoms with van der Waals surface area (Å²) in [6.07, 6.45) is 8.00. The van der Waals surface area contributed by atoms with Crippen molar-refractivity contribution in [2.24, 2.45) is 0 Å². The van der Waals surface area contributed by atoms with Crippen molar-refractivity contribution in [3.05, 3.63) is 24.3 Å².